The number of benzene rings is 2. The topological polar surface area (TPSA) is 62.2 Å². The van der Waals surface area contributed by atoms with Gasteiger partial charge in [-0.15, -0.1) is 0 Å². The van der Waals surface area contributed by atoms with Gasteiger partial charge in [-0.05, 0) is 80.7 Å². The molecule has 0 saturated carbocycles. The average Bonchev–Trinajstić information content (AvgIpc) is 2.88. The number of hydrogen-bond donors (Lipinski definition) is 1. The molecule has 2 aromatic rings. The second-order valence-electron chi connectivity index (χ2n) is 9.64. The summed E-state index contributed by atoms with van der Waals surface area (Å²) in [6.07, 6.45) is -2.07. The molecule has 2 aliphatic rings. The molecular weight excluding hydrogens is 492 g/mol. The monoisotopic (exact) mass is 524 g/mol. The summed E-state index contributed by atoms with van der Waals surface area (Å²) in [5.41, 5.74) is -0.713. The number of piperidine rings is 2. The molecule has 2 fully saturated rings. The maximum absolute atomic E-state index is 13.4. The maximum atomic E-state index is 13.4. The second-order valence-corrected chi connectivity index (χ2v) is 9.64. The van der Waals surface area contributed by atoms with E-state index in [4.69, 9.17) is 9.47 Å². The van der Waals surface area contributed by atoms with E-state index < -0.39 is 29.8 Å². The summed E-state index contributed by atoms with van der Waals surface area (Å²) in [6, 6.07) is 11.9. The highest BCUT2D eigenvalue weighted by Gasteiger charge is 2.47. The van der Waals surface area contributed by atoms with Gasteiger partial charge in [-0.25, -0.2) is 9.18 Å². The highest BCUT2D eigenvalue weighted by Crippen LogP contribution is 2.39. The Morgan fingerprint density at radius 2 is 1.68 bits per heavy atom. The first kappa shape index (κ1) is 27.2. The number of esters is 1. The van der Waals surface area contributed by atoms with Crippen molar-refractivity contribution < 1.29 is 36.9 Å². The molecule has 4 rings (SSSR count). The van der Waals surface area contributed by atoms with Crippen LogP contribution in [-0.4, -0.2) is 61.2 Å². The molecule has 37 heavy (non-hydrogen) atoms. The molecule has 0 aliphatic carbocycles. The van der Waals surface area contributed by atoms with Crippen molar-refractivity contribution in [2.75, 3.05) is 37.7 Å². The lowest BCUT2D eigenvalue weighted by Crippen LogP contribution is -2.52. The molecule has 2 aromatic carbocycles. The van der Waals surface area contributed by atoms with Crippen LogP contribution in [-0.2, 0) is 15.1 Å². The third-order valence-corrected chi connectivity index (χ3v) is 6.99. The van der Waals surface area contributed by atoms with Crippen LogP contribution in [0, 0.1) is 5.82 Å². The van der Waals surface area contributed by atoms with Crippen LogP contribution in [0.2, 0.25) is 0 Å². The van der Waals surface area contributed by atoms with Gasteiger partial charge in [0.25, 0.3) is 0 Å². The van der Waals surface area contributed by atoms with E-state index >= 15 is 0 Å². The summed E-state index contributed by atoms with van der Waals surface area (Å²) in [5, 5.41) is 11.2. The number of alkyl halides is 3. The minimum absolute atomic E-state index is 0.111. The summed E-state index contributed by atoms with van der Waals surface area (Å²) in [4.78, 5) is 15.6. The standard InChI is InChI=1S/C27H32F4N2O4/c28-21-7-5-20(6-8-21)26(35)13-17-33(24(19-26)37-25(34)27(29,30)31)22-9-11-23(12-10-22)36-18-4-16-32-14-2-1-3-15-32/h5-12,24,35H,1-4,13-19H2. The highest BCUT2D eigenvalue weighted by molar-refractivity contribution is 5.76. The molecule has 0 radical (unpaired) electrons. The van der Waals surface area contributed by atoms with Crippen LogP contribution in [0.1, 0.15) is 44.1 Å². The Morgan fingerprint density at radius 1 is 1.00 bits per heavy atom. The van der Waals surface area contributed by atoms with Crippen molar-refractivity contribution in [2.24, 2.45) is 0 Å². The van der Waals surface area contributed by atoms with Crippen molar-refractivity contribution >= 4 is 11.7 Å². The van der Waals surface area contributed by atoms with Gasteiger partial charge < -0.3 is 24.4 Å². The fraction of sp³-hybridized carbons (Fsp3) is 0.519. The summed E-state index contributed by atoms with van der Waals surface area (Å²) in [7, 11) is 0. The number of carbonyl (C=O) groups excluding carboxylic acids is 1. The highest BCUT2D eigenvalue weighted by atomic mass is 19.4. The summed E-state index contributed by atoms with van der Waals surface area (Å²) in [6.45, 7) is 3.90. The Labute approximate surface area is 213 Å². The molecule has 0 spiro atoms. The van der Waals surface area contributed by atoms with Gasteiger partial charge in [-0.2, -0.15) is 13.2 Å². The van der Waals surface area contributed by atoms with Crippen LogP contribution >= 0.6 is 0 Å². The molecule has 2 heterocycles. The Bertz CT molecular complexity index is 1030. The largest absolute Gasteiger partial charge is 0.494 e. The first-order valence-electron chi connectivity index (χ1n) is 12.6. The normalized spacial score (nSPS) is 23.1. The lowest BCUT2D eigenvalue weighted by molar-refractivity contribution is -0.208. The molecule has 2 aliphatic heterocycles. The van der Waals surface area contributed by atoms with E-state index in [9.17, 15) is 27.5 Å². The molecule has 2 saturated heterocycles. The van der Waals surface area contributed by atoms with Crippen molar-refractivity contribution in [3.63, 3.8) is 0 Å². The van der Waals surface area contributed by atoms with E-state index in [0.717, 1.165) is 26.1 Å². The summed E-state index contributed by atoms with van der Waals surface area (Å²) < 4.78 is 63.0. The van der Waals surface area contributed by atoms with Crippen molar-refractivity contribution in [1.29, 1.82) is 0 Å². The van der Waals surface area contributed by atoms with Crippen LogP contribution in [0.3, 0.4) is 0 Å². The minimum atomic E-state index is -5.18. The molecule has 202 valence electrons. The third kappa shape index (κ3) is 7.13. The summed E-state index contributed by atoms with van der Waals surface area (Å²) >= 11 is 0. The van der Waals surface area contributed by atoms with Crippen molar-refractivity contribution in [1.82, 2.24) is 4.90 Å². The Balaban J connectivity index is 1.41. The number of likely N-dealkylation sites (tertiary alicyclic amines) is 1. The van der Waals surface area contributed by atoms with Gasteiger partial charge in [0.05, 0.1) is 12.2 Å². The van der Waals surface area contributed by atoms with Crippen molar-refractivity contribution in [3.8, 4) is 5.75 Å². The Kier molecular flexibility index (Phi) is 8.59. The quantitative estimate of drug-likeness (QED) is 0.298. The van der Waals surface area contributed by atoms with Gasteiger partial charge in [0.15, 0.2) is 6.23 Å². The zero-order chi connectivity index (χ0) is 26.5. The van der Waals surface area contributed by atoms with Gasteiger partial charge in [-0.1, -0.05) is 18.6 Å². The zero-order valence-corrected chi connectivity index (χ0v) is 20.6. The molecule has 0 bridgehead atoms. The number of carbonyl (C=O) groups is 1. The number of rotatable bonds is 8. The predicted octanol–water partition coefficient (Wildman–Crippen LogP) is 5.00. The fourth-order valence-electron chi connectivity index (χ4n) is 4.96. The minimum Gasteiger partial charge on any atom is -0.494 e. The average molecular weight is 525 g/mol. The molecule has 10 heteroatoms. The van der Waals surface area contributed by atoms with Gasteiger partial charge in [0.2, 0.25) is 0 Å². The maximum Gasteiger partial charge on any atom is 0.491 e. The van der Waals surface area contributed by atoms with Crippen LogP contribution in [0.4, 0.5) is 23.2 Å². The van der Waals surface area contributed by atoms with E-state index in [0.29, 0.717) is 23.6 Å². The summed E-state index contributed by atoms with van der Waals surface area (Å²) in [5.74, 6) is -2.20. The van der Waals surface area contributed by atoms with E-state index in [1.165, 1.54) is 48.4 Å². The Hall–Kier alpha value is -2.85. The van der Waals surface area contributed by atoms with E-state index in [1.807, 2.05) is 0 Å². The lowest BCUT2D eigenvalue weighted by atomic mass is 9.83. The van der Waals surface area contributed by atoms with Gasteiger partial charge in [0.1, 0.15) is 11.6 Å². The molecule has 1 N–H and O–H groups in total. The van der Waals surface area contributed by atoms with Gasteiger partial charge >= 0.3 is 12.1 Å². The first-order chi connectivity index (χ1) is 17.6. The predicted molar refractivity (Wildman–Crippen MR) is 130 cm³/mol. The van der Waals surface area contributed by atoms with Gasteiger partial charge in [0, 0.05) is 25.2 Å². The van der Waals surface area contributed by atoms with Gasteiger partial charge in [-0.3, -0.25) is 0 Å². The molecular formula is C27H32F4N2O4. The van der Waals surface area contributed by atoms with Crippen molar-refractivity contribution in [2.45, 2.75) is 56.5 Å². The lowest BCUT2D eigenvalue weighted by Gasteiger charge is -2.44. The molecule has 6 nitrogen and oxygen atoms in total. The molecule has 2 atom stereocenters. The molecule has 0 aromatic heterocycles. The van der Waals surface area contributed by atoms with Crippen LogP contribution in [0.15, 0.2) is 48.5 Å². The first-order valence-corrected chi connectivity index (χ1v) is 12.6. The second kappa shape index (κ2) is 11.7. The number of anilines is 1. The third-order valence-electron chi connectivity index (χ3n) is 6.99. The smallest absolute Gasteiger partial charge is 0.491 e. The number of nitrogens with zero attached hydrogens (tertiary/aromatic N) is 2. The molecule has 2 unspecified atom stereocenters. The SMILES string of the molecule is O=C(OC1CC(O)(c2ccc(F)cc2)CCN1c1ccc(OCCCN2CCCCC2)cc1)C(F)(F)F. The van der Waals surface area contributed by atoms with E-state index in [1.54, 1.807) is 24.3 Å². The van der Waals surface area contributed by atoms with Crippen LogP contribution in [0.5, 0.6) is 5.75 Å². The Morgan fingerprint density at radius 3 is 2.32 bits per heavy atom. The van der Waals surface area contributed by atoms with E-state index in [-0.39, 0.29) is 19.4 Å². The fourth-order valence-corrected chi connectivity index (χ4v) is 4.96. The van der Waals surface area contributed by atoms with Crippen LogP contribution < -0.4 is 9.64 Å². The van der Waals surface area contributed by atoms with Crippen molar-refractivity contribution in [3.05, 3.63) is 59.9 Å². The number of halogens is 4. The van der Waals surface area contributed by atoms with E-state index in [2.05, 4.69) is 4.90 Å². The number of ether oxygens (including phenoxy) is 2. The molecule has 0 amide bonds. The van der Waals surface area contributed by atoms with Crippen LogP contribution in [0.25, 0.3) is 0 Å². The number of hydrogen-bond acceptors (Lipinski definition) is 6. The zero-order valence-electron chi connectivity index (χ0n) is 20.6. The number of aliphatic hydroxyl groups is 1.